The fourth-order valence-corrected chi connectivity index (χ4v) is 1.60. The first-order chi connectivity index (χ1) is 4.43. The van der Waals surface area contributed by atoms with Gasteiger partial charge in [0.15, 0.2) is 0 Å². The summed E-state index contributed by atoms with van der Waals surface area (Å²) in [5.41, 5.74) is 0.344. The van der Waals surface area contributed by atoms with Crippen molar-refractivity contribution in [2.75, 3.05) is 0 Å². The van der Waals surface area contributed by atoms with E-state index in [1.54, 1.807) is 6.92 Å². The van der Waals surface area contributed by atoms with E-state index in [9.17, 15) is 4.79 Å². The molecule has 1 nitrogen and oxygen atoms in total. The van der Waals surface area contributed by atoms with Crippen LogP contribution in [0, 0.1) is 17.3 Å². The van der Waals surface area contributed by atoms with Crippen molar-refractivity contribution in [2.45, 2.75) is 34.1 Å². The average molecular weight is 140 g/mol. The summed E-state index contributed by atoms with van der Waals surface area (Å²) in [5.74, 6) is 1.42. The largest absolute Gasteiger partial charge is 0.300 e. The second-order valence-electron chi connectivity index (χ2n) is 4.43. The second kappa shape index (κ2) is 2.08. The number of rotatable bonds is 1. The fourth-order valence-electron chi connectivity index (χ4n) is 1.60. The number of Topliss-reactive ketones (excluding diaryl/α,β-unsaturated/α-hetero) is 1. The van der Waals surface area contributed by atoms with Crippen molar-refractivity contribution in [3.63, 3.8) is 0 Å². The molecule has 10 heavy (non-hydrogen) atoms. The lowest BCUT2D eigenvalue weighted by Gasteiger charge is -2.17. The van der Waals surface area contributed by atoms with Crippen molar-refractivity contribution >= 4 is 5.78 Å². The number of hydrogen-bond donors (Lipinski definition) is 0. The van der Waals surface area contributed by atoms with Crippen molar-refractivity contribution in [3.8, 4) is 0 Å². The van der Waals surface area contributed by atoms with Gasteiger partial charge < -0.3 is 0 Å². The zero-order valence-electron chi connectivity index (χ0n) is 7.27. The van der Waals surface area contributed by atoms with Crippen LogP contribution in [-0.4, -0.2) is 5.78 Å². The molecular weight excluding hydrogens is 124 g/mol. The third-order valence-corrected chi connectivity index (χ3v) is 2.42. The second-order valence-corrected chi connectivity index (χ2v) is 4.43. The number of ketones is 1. The third kappa shape index (κ3) is 1.39. The summed E-state index contributed by atoms with van der Waals surface area (Å²) >= 11 is 0. The van der Waals surface area contributed by atoms with Gasteiger partial charge in [-0.1, -0.05) is 20.8 Å². The summed E-state index contributed by atoms with van der Waals surface area (Å²) < 4.78 is 0. The zero-order chi connectivity index (χ0) is 7.94. The first-order valence-electron chi connectivity index (χ1n) is 3.93. The molecule has 1 heteroatoms. The predicted octanol–water partition coefficient (Wildman–Crippen LogP) is 2.26. The highest BCUT2D eigenvalue weighted by molar-refractivity contribution is 5.81. The number of hydrogen-bond acceptors (Lipinski definition) is 1. The van der Waals surface area contributed by atoms with E-state index in [0.717, 1.165) is 6.42 Å². The molecule has 0 amide bonds. The van der Waals surface area contributed by atoms with E-state index in [1.807, 2.05) is 0 Å². The highest BCUT2D eigenvalue weighted by Gasteiger charge is 2.47. The highest BCUT2D eigenvalue weighted by Crippen LogP contribution is 2.50. The van der Waals surface area contributed by atoms with E-state index in [-0.39, 0.29) is 0 Å². The molecular formula is C9H16O. The summed E-state index contributed by atoms with van der Waals surface area (Å²) in [5, 5.41) is 0. The van der Waals surface area contributed by atoms with Gasteiger partial charge in [0.1, 0.15) is 5.78 Å². The summed E-state index contributed by atoms with van der Waals surface area (Å²) in [6, 6.07) is 0. The maximum atomic E-state index is 10.9. The molecule has 1 fully saturated rings. The van der Waals surface area contributed by atoms with E-state index >= 15 is 0 Å². The minimum absolute atomic E-state index is 0.344. The van der Waals surface area contributed by atoms with Gasteiger partial charge in [0.25, 0.3) is 0 Å². The van der Waals surface area contributed by atoms with Crippen LogP contribution >= 0.6 is 0 Å². The van der Waals surface area contributed by atoms with Gasteiger partial charge in [0, 0.05) is 5.92 Å². The Bertz CT molecular complexity index is 153. The smallest absolute Gasteiger partial charge is 0.133 e. The first-order valence-corrected chi connectivity index (χ1v) is 3.93. The Kier molecular flexibility index (Phi) is 1.61. The van der Waals surface area contributed by atoms with Crippen LogP contribution in [0.5, 0.6) is 0 Å². The van der Waals surface area contributed by atoms with E-state index < -0.39 is 0 Å². The molecule has 58 valence electrons. The van der Waals surface area contributed by atoms with Gasteiger partial charge in [-0.3, -0.25) is 4.79 Å². The lowest BCUT2D eigenvalue weighted by molar-refractivity contribution is -0.118. The summed E-state index contributed by atoms with van der Waals surface area (Å²) in [4.78, 5) is 10.9. The van der Waals surface area contributed by atoms with Crippen molar-refractivity contribution in [2.24, 2.45) is 17.3 Å². The minimum atomic E-state index is 0.344. The van der Waals surface area contributed by atoms with E-state index in [4.69, 9.17) is 0 Å². The number of carbonyl (C=O) groups excluding carboxylic acids is 1. The molecule has 1 aliphatic carbocycles. The van der Waals surface area contributed by atoms with Crippen LogP contribution < -0.4 is 0 Å². The molecule has 0 aromatic rings. The van der Waals surface area contributed by atoms with Gasteiger partial charge in [-0.15, -0.1) is 0 Å². The summed E-state index contributed by atoms with van der Waals surface area (Å²) in [6.07, 6.45) is 1.12. The van der Waals surface area contributed by atoms with E-state index in [2.05, 4.69) is 20.8 Å². The third-order valence-electron chi connectivity index (χ3n) is 2.42. The van der Waals surface area contributed by atoms with Crippen molar-refractivity contribution in [1.29, 1.82) is 0 Å². The monoisotopic (exact) mass is 140 g/mol. The fraction of sp³-hybridized carbons (Fsp3) is 0.889. The van der Waals surface area contributed by atoms with Crippen molar-refractivity contribution in [1.82, 2.24) is 0 Å². The SMILES string of the molecule is CC(=O)C1C[C@H]1C(C)(C)C. The quantitative estimate of drug-likeness (QED) is 0.546. The Morgan fingerprint density at radius 1 is 1.40 bits per heavy atom. The summed E-state index contributed by atoms with van der Waals surface area (Å²) in [6.45, 7) is 8.33. The molecule has 0 bridgehead atoms. The van der Waals surface area contributed by atoms with Gasteiger partial charge in [0.05, 0.1) is 0 Å². The molecule has 0 radical (unpaired) electrons. The molecule has 0 N–H and O–H groups in total. The van der Waals surface area contributed by atoms with E-state index in [0.29, 0.717) is 23.0 Å². The normalized spacial score (nSPS) is 32.0. The highest BCUT2D eigenvalue weighted by atomic mass is 16.1. The Morgan fingerprint density at radius 3 is 2.00 bits per heavy atom. The van der Waals surface area contributed by atoms with Crippen LogP contribution in [0.3, 0.4) is 0 Å². The molecule has 0 spiro atoms. The van der Waals surface area contributed by atoms with Crippen molar-refractivity contribution < 1.29 is 4.79 Å². The van der Waals surface area contributed by atoms with Crippen LogP contribution in [-0.2, 0) is 4.79 Å². The Balaban J connectivity index is 2.46. The van der Waals surface area contributed by atoms with Crippen LogP contribution in [0.2, 0.25) is 0 Å². The summed E-state index contributed by atoms with van der Waals surface area (Å²) in [7, 11) is 0. The van der Waals surface area contributed by atoms with Gasteiger partial charge in [-0.2, -0.15) is 0 Å². The lowest BCUT2D eigenvalue weighted by atomic mass is 9.88. The average Bonchev–Trinajstić information content (AvgIpc) is 2.35. The Labute approximate surface area is 62.8 Å². The Morgan fingerprint density at radius 2 is 1.90 bits per heavy atom. The topological polar surface area (TPSA) is 17.1 Å². The minimum Gasteiger partial charge on any atom is -0.300 e. The van der Waals surface area contributed by atoms with Crippen LogP contribution in [0.4, 0.5) is 0 Å². The molecule has 0 aromatic heterocycles. The molecule has 1 saturated carbocycles. The molecule has 1 rings (SSSR count). The predicted molar refractivity (Wildman–Crippen MR) is 41.7 cm³/mol. The van der Waals surface area contributed by atoms with Crippen molar-refractivity contribution in [3.05, 3.63) is 0 Å². The van der Waals surface area contributed by atoms with Gasteiger partial charge in [-0.05, 0) is 24.7 Å². The maximum absolute atomic E-state index is 10.9. The van der Waals surface area contributed by atoms with Gasteiger partial charge in [0.2, 0.25) is 0 Å². The van der Waals surface area contributed by atoms with Gasteiger partial charge >= 0.3 is 0 Å². The lowest BCUT2D eigenvalue weighted by Crippen LogP contribution is -2.11. The molecule has 0 aliphatic heterocycles. The molecule has 1 unspecified atom stereocenters. The molecule has 2 atom stereocenters. The standard InChI is InChI=1S/C9H16O/c1-6(10)7-5-8(7)9(2,3)4/h7-8H,5H2,1-4H3/t7?,8-/m1/s1. The van der Waals surface area contributed by atoms with Gasteiger partial charge in [-0.25, -0.2) is 0 Å². The number of carbonyl (C=O) groups is 1. The van der Waals surface area contributed by atoms with Crippen LogP contribution in [0.25, 0.3) is 0 Å². The van der Waals surface area contributed by atoms with Crippen LogP contribution in [0.1, 0.15) is 34.1 Å². The molecule has 0 heterocycles. The zero-order valence-corrected chi connectivity index (χ0v) is 7.27. The van der Waals surface area contributed by atoms with Crippen LogP contribution in [0.15, 0.2) is 0 Å². The molecule has 0 saturated heterocycles. The Hall–Kier alpha value is -0.330. The van der Waals surface area contributed by atoms with E-state index in [1.165, 1.54) is 0 Å². The maximum Gasteiger partial charge on any atom is 0.133 e. The first kappa shape index (κ1) is 7.77. The molecule has 0 aromatic carbocycles. The molecule has 1 aliphatic rings.